The Morgan fingerprint density at radius 2 is 2.05 bits per heavy atom. The van der Waals surface area contributed by atoms with E-state index < -0.39 is 10.0 Å². The second-order valence-corrected chi connectivity index (χ2v) is 8.18. The van der Waals surface area contributed by atoms with Gasteiger partial charge in [0.2, 0.25) is 10.0 Å². The molecule has 2 N–H and O–H groups in total. The third-order valence-corrected chi connectivity index (χ3v) is 5.86. The van der Waals surface area contributed by atoms with Gasteiger partial charge in [-0.05, 0) is 26.8 Å². The van der Waals surface area contributed by atoms with Crippen molar-refractivity contribution in [1.29, 1.82) is 0 Å². The molecule has 0 saturated carbocycles. The molecule has 6 nitrogen and oxygen atoms in total. The zero-order valence-corrected chi connectivity index (χ0v) is 14.5. The first-order chi connectivity index (χ1) is 10.4. The van der Waals surface area contributed by atoms with Gasteiger partial charge < -0.3 is 5.32 Å². The smallest absolute Gasteiger partial charge is 0.241 e. The highest BCUT2D eigenvalue weighted by atomic mass is 32.2. The third kappa shape index (κ3) is 4.33. The lowest BCUT2D eigenvalue weighted by Crippen LogP contribution is -2.33. The van der Waals surface area contributed by atoms with Crippen LogP contribution >= 0.6 is 11.3 Å². The van der Waals surface area contributed by atoms with Gasteiger partial charge in [0, 0.05) is 47.5 Å². The van der Waals surface area contributed by atoms with Crippen LogP contribution in [0, 0.1) is 13.8 Å². The van der Waals surface area contributed by atoms with Crippen LogP contribution in [0.2, 0.25) is 0 Å². The summed E-state index contributed by atoms with van der Waals surface area (Å²) in [6, 6.07) is 1.72. The van der Waals surface area contributed by atoms with Gasteiger partial charge in [0.05, 0.1) is 10.6 Å². The minimum absolute atomic E-state index is 0.0170. The lowest BCUT2D eigenvalue weighted by molar-refractivity contribution is 0.545. The first-order valence-electron chi connectivity index (χ1n) is 6.96. The Hall–Kier alpha value is -1.35. The number of hydrogen-bond acceptors (Lipinski definition) is 6. The van der Waals surface area contributed by atoms with E-state index in [9.17, 15) is 8.42 Å². The fraction of sp³-hybridized carbons (Fsp3) is 0.429. The van der Waals surface area contributed by atoms with Crippen molar-refractivity contribution < 1.29 is 8.42 Å². The van der Waals surface area contributed by atoms with Gasteiger partial charge in [-0.2, -0.15) is 0 Å². The molecule has 0 bridgehead atoms. The number of thiophene rings is 1. The molecule has 8 heteroatoms. The summed E-state index contributed by atoms with van der Waals surface area (Å²) >= 11 is 1.49. The summed E-state index contributed by atoms with van der Waals surface area (Å²) in [6.45, 7) is 6.52. The molecular weight excluding hydrogens is 320 g/mol. The Morgan fingerprint density at radius 3 is 2.64 bits per heavy atom. The van der Waals surface area contributed by atoms with E-state index in [0.717, 1.165) is 15.4 Å². The van der Waals surface area contributed by atoms with E-state index in [-0.39, 0.29) is 6.04 Å². The number of rotatable bonds is 7. The molecule has 0 aromatic carbocycles. The lowest BCUT2D eigenvalue weighted by atomic mass is 10.2. The molecule has 0 spiro atoms. The predicted octanol–water partition coefficient (Wildman–Crippen LogP) is 1.78. The minimum Gasteiger partial charge on any atom is -0.307 e. The number of hydrogen-bond donors (Lipinski definition) is 2. The van der Waals surface area contributed by atoms with Crippen molar-refractivity contribution in [2.75, 3.05) is 13.1 Å². The number of aryl methyl sites for hydroxylation is 2. The summed E-state index contributed by atoms with van der Waals surface area (Å²) in [7, 11) is -3.44. The highest BCUT2D eigenvalue weighted by Gasteiger charge is 2.18. The van der Waals surface area contributed by atoms with Crippen molar-refractivity contribution in [3.8, 4) is 0 Å². The van der Waals surface area contributed by atoms with E-state index in [1.165, 1.54) is 11.3 Å². The Labute approximate surface area is 135 Å². The van der Waals surface area contributed by atoms with E-state index in [2.05, 4.69) is 20.0 Å². The van der Waals surface area contributed by atoms with Crippen LogP contribution in [0.1, 0.15) is 28.4 Å². The topological polar surface area (TPSA) is 84.0 Å². The molecule has 1 unspecified atom stereocenters. The molecule has 0 aliphatic heterocycles. The molecule has 0 aliphatic rings. The van der Waals surface area contributed by atoms with Crippen LogP contribution in [-0.2, 0) is 10.0 Å². The lowest BCUT2D eigenvalue weighted by Gasteiger charge is -2.13. The monoisotopic (exact) mass is 340 g/mol. The van der Waals surface area contributed by atoms with Gasteiger partial charge in [-0.1, -0.05) is 0 Å². The summed E-state index contributed by atoms with van der Waals surface area (Å²) in [5.74, 6) is 0. The summed E-state index contributed by atoms with van der Waals surface area (Å²) in [5.41, 5.74) is 0.828. The van der Waals surface area contributed by atoms with Gasteiger partial charge in [0.15, 0.2) is 0 Å². The predicted molar refractivity (Wildman–Crippen MR) is 87.4 cm³/mol. The van der Waals surface area contributed by atoms with Gasteiger partial charge in [0.1, 0.15) is 0 Å². The number of nitrogens with zero attached hydrogens (tertiary/aromatic N) is 2. The summed E-state index contributed by atoms with van der Waals surface area (Å²) < 4.78 is 27.1. The molecule has 22 heavy (non-hydrogen) atoms. The SMILES string of the molecule is Cc1cc(S(=O)(=O)NCCNC(C)c2cnccn2)c(C)s1. The Bertz CT molecular complexity index is 714. The van der Waals surface area contributed by atoms with Gasteiger partial charge >= 0.3 is 0 Å². The molecule has 0 aliphatic carbocycles. The van der Waals surface area contributed by atoms with Crippen LogP contribution in [-0.4, -0.2) is 31.5 Å². The van der Waals surface area contributed by atoms with Crippen LogP contribution in [0.25, 0.3) is 0 Å². The van der Waals surface area contributed by atoms with Crippen LogP contribution < -0.4 is 10.0 Å². The second kappa shape index (κ2) is 7.28. The fourth-order valence-corrected chi connectivity index (χ4v) is 4.65. The van der Waals surface area contributed by atoms with Gasteiger partial charge in [-0.3, -0.25) is 9.97 Å². The Balaban J connectivity index is 1.85. The second-order valence-electron chi connectivity index (χ2n) is 4.98. The van der Waals surface area contributed by atoms with Crippen molar-refractivity contribution in [1.82, 2.24) is 20.0 Å². The maximum absolute atomic E-state index is 12.2. The first kappa shape index (κ1) is 17.0. The molecule has 2 heterocycles. The highest BCUT2D eigenvalue weighted by molar-refractivity contribution is 7.89. The van der Waals surface area contributed by atoms with E-state index in [4.69, 9.17) is 0 Å². The van der Waals surface area contributed by atoms with E-state index in [0.29, 0.717) is 18.0 Å². The van der Waals surface area contributed by atoms with E-state index in [1.807, 2.05) is 20.8 Å². The van der Waals surface area contributed by atoms with Crippen molar-refractivity contribution in [2.45, 2.75) is 31.7 Å². The first-order valence-corrected chi connectivity index (χ1v) is 9.26. The van der Waals surface area contributed by atoms with Crippen LogP contribution in [0.5, 0.6) is 0 Å². The van der Waals surface area contributed by atoms with Gasteiger partial charge in [-0.25, -0.2) is 13.1 Å². The Kier molecular flexibility index (Phi) is 5.63. The van der Waals surface area contributed by atoms with Crippen LogP contribution in [0.3, 0.4) is 0 Å². The number of aromatic nitrogens is 2. The summed E-state index contributed by atoms with van der Waals surface area (Å²) in [4.78, 5) is 10.4. The van der Waals surface area contributed by atoms with E-state index in [1.54, 1.807) is 24.7 Å². The molecule has 2 rings (SSSR count). The van der Waals surface area contributed by atoms with Gasteiger partial charge in [-0.15, -0.1) is 11.3 Å². The molecule has 1 atom stereocenters. The van der Waals surface area contributed by atoms with Gasteiger partial charge in [0.25, 0.3) is 0 Å². The molecule has 2 aromatic rings. The van der Waals surface area contributed by atoms with Crippen molar-refractivity contribution in [2.24, 2.45) is 0 Å². The zero-order chi connectivity index (χ0) is 16.2. The van der Waals surface area contributed by atoms with Crippen molar-refractivity contribution in [3.63, 3.8) is 0 Å². The van der Waals surface area contributed by atoms with Crippen molar-refractivity contribution >= 4 is 21.4 Å². The van der Waals surface area contributed by atoms with E-state index >= 15 is 0 Å². The highest BCUT2D eigenvalue weighted by Crippen LogP contribution is 2.24. The summed E-state index contributed by atoms with van der Waals surface area (Å²) in [6.07, 6.45) is 4.95. The quantitative estimate of drug-likeness (QED) is 0.751. The van der Waals surface area contributed by atoms with Crippen LogP contribution in [0.4, 0.5) is 0 Å². The molecular formula is C14H20N4O2S2. The van der Waals surface area contributed by atoms with Crippen molar-refractivity contribution in [3.05, 3.63) is 40.1 Å². The molecule has 0 saturated heterocycles. The number of sulfonamides is 1. The standard InChI is InChI=1S/C14H20N4O2S2/c1-10-8-14(12(3)21-10)22(19,20)18-7-6-16-11(2)13-9-15-4-5-17-13/h4-5,8-9,11,16,18H,6-7H2,1-3H3. The average molecular weight is 340 g/mol. The normalized spacial score (nSPS) is 13.2. The summed E-state index contributed by atoms with van der Waals surface area (Å²) in [5, 5.41) is 3.22. The maximum Gasteiger partial charge on any atom is 0.241 e. The molecule has 2 aromatic heterocycles. The average Bonchev–Trinajstić information content (AvgIpc) is 2.84. The Morgan fingerprint density at radius 1 is 1.27 bits per heavy atom. The largest absolute Gasteiger partial charge is 0.307 e. The minimum atomic E-state index is -3.44. The van der Waals surface area contributed by atoms with Crippen LogP contribution in [0.15, 0.2) is 29.6 Å². The number of nitrogens with one attached hydrogen (secondary N) is 2. The zero-order valence-electron chi connectivity index (χ0n) is 12.8. The third-order valence-electron chi connectivity index (χ3n) is 3.18. The maximum atomic E-state index is 12.2. The molecule has 0 amide bonds. The fourth-order valence-electron chi connectivity index (χ4n) is 2.06. The molecule has 120 valence electrons. The molecule has 0 radical (unpaired) electrons. The molecule has 0 fully saturated rings.